The number of aromatic nitrogens is 1. The lowest BCUT2D eigenvalue weighted by molar-refractivity contribution is 0.284. The van der Waals surface area contributed by atoms with Gasteiger partial charge in [0, 0.05) is 11.5 Å². The SMILES string of the molecule is CCOc1cccc(-c2nc(C3CC3)c(CO)s2)c1. The smallest absolute Gasteiger partial charge is 0.124 e. The minimum absolute atomic E-state index is 0.0919. The molecule has 1 heterocycles. The number of rotatable bonds is 5. The molecule has 3 nitrogen and oxygen atoms in total. The van der Waals surface area contributed by atoms with Gasteiger partial charge in [-0.2, -0.15) is 0 Å². The fourth-order valence-corrected chi connectivity index (χ4v) is 3.17. The molecule has 1 aromatic carbocycles. The number of hydrogen-bond donors (Lipinski definition) is 1. The molecule has 1 fully saturated rings. The van der Waals surface area contributed by atoms with Crippen molar-refractivity contribution in [1.82, 2.24) is 4.98 Å². The van der Waals surface area contributed by atoms with E-state index in [9.17, 15) is 5.11 Å². The van der Waals surface area contributed by atoms with Crippen LogP contribution in [-0.4, -0.2) is 16.7 Å². The molecule has 0 saturated heterocycles. The van der Waals surface area contributed by atoms with Crippen molar-refractivity contribution in [1.29, 1.82) is 0 Å². The van der Waals surface area contributed by atoms with Gasteiger partial charge in [0.2, 0.25) is 0 Å². The predicted octanol–water partition coefficient (Wildman–Crippen LogP) is 3.58. The summed E-state index contributed by atoms with van der Waals surface area (Å²) in [6.07, 6.45) is 2.41. The Morgan fingerprint density at radius 2 is 2.26 bits per heavy atom. The third-order valence-electron chi connectivity index (χ3n) is 3.23. The van der Waals surface area contributed by atoms with Crippen molar-refractivity contribution in [2.45, 2.75) is 32.3 Å². The molecular formula is C15H17NO2S. The third kappa shape index (κ3) is 2.65. The Kier molecular flexibility index (Phi) is 3.53. The van der Waals surface area contributed by atoms with Crippen LogP contribution in [0.15, 0.2) is 24.3 Å². The van der Waals surface area contributed by atoms with Crippen LogP contribution in [0.5, 0.6) is 5.75 Å². The zero-order valence-corrected chi connectivity index (χ0v) is 11.7. The molecule has 0 radical (unpaired) electrons. The number of benzene rings is 1. The summed E-state index contributed by atoms with van der Waals surface area (Å²) in [6.45, 7) is 2.73. The van der Waals surface area contributed by atoms with E-state index in [4.69, 9.17) is 9.72 Å². The van der Waals surface area contributed by atoms with E-state index in [1.807, 2.05) is 31.2 Å². The minimum Gasteiger partial charge on any atom is -0.494 e. The molecule has 1 aliphatic rings. The van der Waals surface area contributed by atoms with Crippen molar-refractivity contribution in [2.75, 3.05) is 6.61 Å². The van der Waals surface area contributed by atoms with Gasteiger partial charge in [-0.25, -0.2) is 4.98 Å². The highest BCUT2D eigenvalue weighted by atomic mass is 32.1. The first-order valence-corrected chi connectivity index (χ1v) is 7.47. The summed E-state index contributed by atoms with van der Waals surface area (Å²) in [7, 11) is 0. The second kappa shape index (κ2) is 5.31. The molecule has 100 valence electrons. The Morgan fingerprint density at radius 1 is 1.42 bits per heavy atom. The first kappa shape index (κ1) is 12.6. The highest BCUT2D eigenvalue weighted by Gasteiger charge is 2.29. The Bertz CT molecular complexity index is 575. The van der Waals surface area contributed by atoms with Gasteiger partial charge in [-0.1, -0.05) is 12.1 Å². The van der Waals surface area contributed by atoms with E-state index in [1.54, 1.807) is 11.3 Å². The zero-order chi connectivity index (χ0) is 13.2. The van der Waals surface area contributed by atoms with Crippen LogP contribution in [-0.2, 0) is 6.61 Å². The van der Waals surface area contributed by atoms with Gasteiger partial charge in [0.25, 0.3) is 0 Å². The van der Waals surface area contributed by atoms with Gasteiger partial charge in [0.1, 0.15) is 10.8 Å². The van der Waals surface area contributed by atoms with E-state index >= 15 is 0 Å². The Balaban J connectivity index is 1.94. The molecule has 0 atom stereocenters. The van der Waals surface area contributed by atoms with Gasteiger partial charge in [-0.15, -0.1) is 11.3 Å². The van der Waals surface area contributed by atoms with E-state index in [0.717, 1.165) is 26.9 Å². The van der Waals surface area contributed by atoms with Gasteiger partial charge in [0.05, 0.1) is 23.8 Å². The molecule has 0 unspecified atom stereocenters. The van der Waals surface area contributed by atoms with Crippen molar-refractivity contribution in [3.63, 3.8) is 0 Å². The standard InChI is InChI=1S/C15H17NO2S/c1-2-18-12-5-3-4-11(8-12)15-16-14(10-6-7-10)13(9-17)19-15/h3-5,8,10,17H,2,6-7,9H2,1H3. The van der Waals surface area contributed by atoms with Crippen molar-refractivity contribution in [3.05, 3.63) is 34.8 Å². The molecule has 0 bridgehead atoms. The number of thiazole rings is 1. The van der Waals surface area contributed by atoms with Gasteiger partial charge in [-0.05, 0) is 31.9 Å². The lowest BCUT2D eigenvalue weighted by Gasteiger charge is -2.03. The van der Waals surface area contributed by atoms with Crippen LogP contribution in [0.4, 0.5) is 0 Å². The monoisotopic (exact) mass is 275 g/mol. The summed E-state index contributed by atoms with van der Waals surface area (Å²) in [4.78, 5) is 5.73. The van der Waals surface area contributed by atoms with Crippen LogP contribution >= 0.6 is 11.3 Å². The van der Waals surface area contributed by atoms with Crippen LogP contribution in [0.25, 0.3) is 10.6 Å². The second-order valence-corrected chi connectivity index (χ2v) is 5.80. The molecule has 3 rings (SSSR count). The van der Waals surface area contributed by atoms with Crippen LogP contribution in [0.2, 0.25) is 0 Å². The normalized spacial score (nSPS) is 14.6. The molecule has 0 spiro atoms. The maximum Gasteiger partial charge on any atom is 0.124 e. The van der Waals surface area contributed by atoms with E-state index in [0.29, 0.717) is 12.5 Å². The van der Waals surface area contributed by atoms with Crippen LogP contribution in [0, 0.1) is 0 Å². The zero-order valence-electron chi connectivity index (χ0n) is 10.9. The van der Waals surface area contributed by atoms with Crippen molar-refractivity contribution < 1.29 is 9.84 Å². The van der Waals surface area contributed by atoms with Gasteiger partial charge < -0.3 is 9.84 Å². The maximum atomic E-state index is 9.44. The predicted molar refractivity (Wildman–Crippen MR) is 76.6 cm³/mol. The molecule has 19 heavy (non-hydrogen) atoms. The van der Waals surface area contributed by atoms with Gasteiger partial charge in [-0.3, -0.25) is 0 Å². The van der Waals surface area contributed by atoms with E-state index in [2.05, 4.69) is 0 Å². The summed E-state index contributed by atoms with van der Waals surface area (Å²) >= 11 is 1.59. The fourth-order valence-electron chi connectivity index (χ4n) is 2.16. The summed E-state index contributed by atoms with van der Waals surface area (Å²) in [5.41, 5.74) is 2.17. The third-order valence-corrected chi connectivity index (χ3v) is 4.33. The van der Waals surface area contributed by atoms with Crippen LogP contribution in [0.1, 0.15) is 36.3 Å². The quantitative estimate of drug-likeness (QED) is 0.907. The molecule has 0 amide bonds. The number of hydrogen-bond acceptors (Lipinski definition) is 4. The molecule has 1 aromatic heterocycles. The average Bonchev–Trinajstić information content (AvgIpc) is 3.18. The first-order valence-electron chi connectivity index (χ1n) is 6.65. The fraction of sp³-hybridized carbons (Fsp3) is 0.400. The molecule has 0 aliphatic heterocycles. The summed E-state index contributed by atoms with van der Waals surface area (Å²) < 4.78 is 5.52. The number of aliphatic hydroxyl groups excluding tert-OH is 1. The van der Waals surface area contributed by atoms with Crippen LogP contribution in [0.3, 0.4) is 0 Å². The largest absolute Gasteiger partial charge is 0.494 e. The highest BCUT2D eigenvalue weighted by Crippen LogP contribution is 2.44. The highest BCUT2D eigenvalue weighted by molar-refractivity contribution is 7.15. The molecule has 1 saturated carbocycles. The number of nitrogens with zero attached hydrogens (tertiary/aromatic N) is 1. The summed E-state index contributed by atoms with van der Waals surface area (Å²) in [5.74, 6) is 1.44. The summed E-state index contributed by atoms with van der Waals surface area (Å²) in [5, 5.41) is 10.4. The molecule has 4 heteroatoms. The second-order valence-electron chi connectivity index (χ2n) is 4.72. The van der Waals surface area contributed by atoms with Gasteiger partial charge in [0.15, 0.2) is 0 Å². The topological polar surface area (TPSA) is 42.4 Å². The first-order chi connectivity index (χ1) is 9.31. The van der Waals surface area contributed by atoms with Crippen molar-refractivity contribution >= 4 is 11.3 Å². The minimum atomic E-state index is 0.0919. The van der Waals surface area contributed by atoms with Crippen LogP contribution < -0.4 is 4.74 Å². The lowest BCUT2D eigenvalue weighted by Crippen LogP contribution is -1.91. The van der Waals surface area contributed by atoms with Gasteiger partial charge >= 0.3 is 0 Å². The Hall–Kier alpha value is -1.39. The van der Waals surface area contributed by atoms with Crippen molar-refractivity contribution in [3.8, 4) is 16.3 Å². The molecule has 2 aromatic rings. The maximum absolute atomic E-state index is 9.44. The Morgan fingerprint density at radius 3 is 2.95 bits per heavy atom. The molecule has 1 N–H and O–H groups in total. The number of aliphatic hydroxyl groups is 1. The van der Waals surface area contributed by atoms with E-state index < -0.39 is 0 Å². The number of ether oxygens (including phenoxy) is 1. The van der Waals surface area contributed by atoms with Crippen molar-refractivity contribution in [2.24, 2.45) is 0 Å². The van der Waals surface area contributed by atoms with E-state index in [-0.39, 0.29) is 6.61 Å². The summed E-state index contributed by atoms with van der Waals surface area (Å²) in [6, 6.07) is 7.99. The van der Waals surface area contributed by atoms with E-state index in [1.165, 1.54) is 12.8 Å². The molecule has 1 aliphatic carbocycles. The average molecular weight is 275 g/mol. The molecular weight excluding hydrogens is 258 g/mol. The lowest BCUT2D eigenvalue weighted by atomic mass is 10.2. The Labute approximate surface area is 116 Å².